The molecule has 0 bridgehead atoms. The molecule has 0 N–H and O–H groups in total. The van der Waals surface area contributed by atoms with E-state index in [-0.39, 0.29) is 6.15 Å². The third kappa shape index (κ3) is 4.70. The maximum atomic E-state index is 8.12. The molecule has 0 saturated heterocycles. The molecule has 11 heavy (non-hydrogen) atoms. The second kappa shape index (κ2) is 6.07. The Kier molecular flexibility index (Phi) is 5.70. The molecule has 3 heteroatoms. The fourth-order valence-corrected chi connectivity index (χ4v) is 0.938. The van der Waals surface area contributed by atoms with Crippen LogP contribution in [-0.4, -0.2) is 6.15 Å². The minimum atomic E-state index is 0.250. The van der Waals surface area contributed by atoms with Crippen molar-refractivity contribution in [2.45, 2.75) is 6.92 Å². The summed E-state index contributed by atoms with van der Waals surface area (Å²) < 4.78 is 1.34. The van der Waals surface area contributed by atoms with Crippen LogP contribution in [0, 0.1) is 10.5 Å². The van der Waals surface area contributed by atoms with E-state index in [2.05, 4.69) is 53.8 Å². The molecule has 0 radical (unpaired) electrons. The number of halogens is 1. The molecule has 0 aliphatic rings. The smallest absolute Gasteiger partial charge is 0.186 e. The van der Waals surface area contributed by atoms with E-state index in [4.69, 9.17) is 9.59 Å². The number of aryl methyl sites for hydroxylation is 1. The Hall–Kier alpha value is -0.670. The highest BCUT2D eigenvalue weighted by molar-refractivity contribution is 14.1. The Balaban J connectivity index is 0.000000292. The van der Waals surface area contributed by atoms with Crippen molar-refractivity contribution < 1.29 is 9.59 Å². The highest BCUT2D eigenvalue weighted by atomic mass is 127. The van der Waals surface area contributed by atoms with E-state index in [0.717, 1.165) is 0 Å². The van der Waals surface area contributed by atoms with Crippen molar-refractivity contribution >= 4 is 28.7 Å². The largest absolute Gasteiger partial charge is 0.373 e. The first kappa shape index (κ1) is 10.3. The summed E-state index contributed by atoms with van der Waals surface area (Å²) in [5.41, 5.74) is 1.35. The number of hydrogen-bond donors (Lipinski definition) is 0. The van der Waals surface area contributed by atoms with Gasteiger partial charge in [-0.05, 0) is 41.1 Å². The van der Waals surface area contributed by atoms with E-state index >= 15 is 0 Å². The van der Waals surface area contributed by atoms with Crippen LogP contribution in [-0.2, 0) is 9.59 Å². The quantitative estimate of drug-likeness (QED) is 0.670. The molecule has 58 valence electrons. The van der Waals surface area contributed by atoms with E-state index in [9.17, 15) is 0 Å². The van der Waals surface area contributed by atoms with Gasteiger partial charge < -0.3 is 0 Å². The van der Waals surface area contributed by atoms with Crippen molar-refractivity contribution in [3.8, 4) is 0 Å². The molecule has 1 aromatic rings. The second-order valence-electron chi connectivity index (χ2n) is 1.83. The van der Waals surface area contributed by atoms with Gasteiger partial charge in [0.25, 0.3) is 0 Å². The van der Waals surface area contributed by atoms with Gasteiger partial charge in [0.05, 0.1) is 0 Å². The zero-order valence-corrected chi connectivity index (χ0v) is 8.16. The number of hydrogen-bond acceptors (Lipinski definition) is 2. The lowest BCUT2D eigenvalue weighted by Gasteiger charge is -1.91. The number of rotatable bonds is 0. The lowest BCUT2D eigenvalue weighted by Crippen LogP contribution is -1.74. The van der Waals surface area contributed by atoms with Crippen LogP contribution in [0.5, 0.6) is 0 Å². The lowest BCUT2D eigenvalue weighted by molar-refractivity contribution is -0.191. The minimum Gasteiger partial charge on any atom is -0.186 e. The average molecular weight is 262 g/mol. The van der Waals surface area contributed by atoms with Crippen LogP contribution in [0.2, 0.25) is 0 Å². The molecule has 0 aliphatic carbocycles. The van der Waals surface area contributed by atoms with E-state index in [1.807, 2.05) is 0 Å². The Morgan fingerprint density at radius 1 is 1.27 bits per heavy atom. The topological polar surface area (TPSA) is 34.1 Å². The Morgan fingerprint density at radius 3 is 2.00 bits per heavy atom. The summed E-state index contributed by atoms with van der Waals surface area (Å²) in [6.45, 7) is 2.11. The summed E-state index contributed by atoms with van der Waals surface area (Å²) in [4.78, 5) is 16.2. The van der Waals surface area contributed by atoms with Gasteiger partial charge in [0.15, 0.2) is 0 Å². The molecular formula is C8H7IO2. The number of benzene rings is 1. The van der Waals surface area contributed by atoms with E-state index < -0.39 is 0 Å². The Labute approximate surface area is 78.8 Å². The van der Waals surface area contributed by atoms with E-state index in [1.54, 1.807) is 0 Å². The minimum absolute atomic E-state index is 0.250. The Morgan fingerprint density at radius 2 is 1.73 bits per heavy atom. The third-order valence-corrected chi connectivity index (χ3v) is 2.29. The van der Waals surface area contributed by atoms with Crippen LogP contribution in [0.3, 0.4) is 0 Å². The van der Waals surface area contributed by atoms with Gasteiger partial charge in [-0.3, -0.25) is 0 Å². The summed E-state index contributed by atoms with van der Waals surface area (Å²) in [5, 5.41) is 0. The molecular weight excluding hydrogens is 255 g/mol. The van der Waals surface area contributed by atoms with Crippen LogP contribution in [0.25, 0.3) is 0 Å². The molecule has 2 nitrogen and oxygen atoms in total. The van der Waals surface area contributed by atoms with Crippen molar-refractivity contribution in [1.82, 2.24) is 0 Å². The van der Waals surface area contributed by atoms with Crippen LogP contribution in [0.15, 0.2) is 24.3 Å². The van der Waals surface area contributed by atoms with Crippen molar-refractivity contribution in [2.24, 2.45) is 0 Å². The summed E-state index contributed by atoms with van der Waals surface area (Å²) in [6.07, 6.45) is 0.250. The third-order valence-electron chi connectivity index (χ3n) is 1.08. The van der Waals surface area contributed by atoms with Gasteiger partial charge in [0, 0.05) is 3.57 Å². The van der Waals surface area contributed by atoms with E-state index in [1.165, 1.54) is 9.13 Å². The fourth-order valence-electron chi connectivity index (χ4n) is 0.551. The van der Waals surface area contributed by atoms with E-state index in [0.29, 0.717) is 0 Å². The van der Waals surface area contributed by atoms with Gasteiger partial charge in [-0.15, -0.1) is 0 Å². The zero-order chi connectivity index (χ0) is 8.69. The van der Waals surface area contributed by atoms with Gasteiger partial charge in [-0.25, -0.2) is 0 Å². The standard InChI is InChI=1S/C7H7I.CO2/c1-6-4-2-3-5-7(6)8;2-1-3/h2-5H,1H3;. The predicted octanol–water partition coefficient (Wildman–Crippen LogP) is 2.02. The molecule has 0 aliphatic heterocycles. The lowest BCUT2D eigenvalue weighted by atomic mass is 10.2. The number of carbonyl (C=O) groups excluding carboxylic acids is 2. The first-order valence-electron chi connectivity index (χ1n) is 2.92. The first-order chi connectivity index (χ1) is 5.22. The van der Waals surface area contributed by atoms with Crippen molar-refractivity contribution in [3.63, 3.8) is 0 Å². The van der Waals surface area contributed by atoms with Gasteiger partial charge in [-0.2, -0.15) is 9.59 Å². The fraction of sp³-hybridized carbons (Fsp3) is 0.125. The molecule has 0 amide bonds. The first-order valence-corrected chi connectivity index (χ1v) is 4.00. The molecule has 0 atom stereocenters. The predicted molar refractivity (Wildman–Crippen MR) is 48.9 cm³/mol. The van der Waals surface area contributed by atoms with Crippen molar-refractivity contribution in [3.05, 3.63) is 33.4 Å². The highest BCUT2D eigenvalue weighted by Crippen LogP contribution is 2.08. The SMILES string of the molecule is Cc1ccccc1I.O=C=O. The van der Waals surface area contributed by atoms with Gasteiger partial charge in [-0.1, -0.05) is 18.2 Å². The molecule has 0 saturated carbocycles. The Bertz CT molecular complexity index is 231. The normalized spacial score (nSPS) is 7.45. The van der Waals surface area contributed by atoms with Gasteiger partial charge in [0.1, 0.15) is 0 Å². The molecule has 0 unspecified atom stereocenters. The van der Waals surface area contributed by atoms with Crippen molar-refractivity contribution in [2.75, 3.05) is 0 Å². The summed E-state index contributed by atoms with van der Waals surface area (Å²) in [6, 6.07) is 8.32. The maximum Gasteiger partial charge on any atom is 0.373 e. The maximum absolute atomic E-state index is 8.12. The van der Waals surface area contributed by atoms with Crippen LogP contribution in [0.4, 0.5) is 0 Å². The van der Waals surface area contributed by atoms with Crippen LogP contribution in [0.1, 0.15) is 5.56 Å². The van der Waals surface area contributed by atoms with Crippen LogP contribution >= 0.6 is 22.6 Å². The summed E-state index contributed by atoms with van der Waals surface area (Å²) >= 11 is 2.32. The summed E-state index contributed by atoms with van der Waals surface area (Å²) in [7, 11) is 0. The van der Waals surface area contributed by atoms with Gasteiger partial charge >= 0.3 is 6.15 Å². The summed E-state index contributed by atoms with van der Waals surface area (Å²) in [5.74, 6) is 0. The highest BCUT2D eigenvalue weighted by Gasteiger charge is 1.85. The average Bonchev–Trinajstić information content (AvgIpc) is 1.97. The molecule has 1 rings (SSSR count). The second-order valence-corrected chi connectivity index (χ2v) is 2.99. The van der Waals surface area contributed by atoms with Crippen LogP contribution < -0.4 is 0 Å². The molecule has 0 aromatic heterocycles. The monoisotopic (exact) mass is 262 g/mol. The molecule has 0 spiro atoms. The molecule has 0 heterocycles. The van der Waals surface area contributed by atoms with Crippen molar-refractivity contribution in [1.29, 1.82) is 0 Å². The van der Waals surface area contributed by atoms with Gasteiger partial charge in [0.2, 0.25) is 0 Å². The molecule has 0 fully saturated rings. The molecule has 1 aromatic carbocycles. The zero-order valence-electron chi connectivity index (χ0n) is 6.00.